The van der Waals surface area contributed by atoms with Gasteiger partial charge in [-0.25, -0.2) is 9.67 Å². The van der Waals surface area contributed by atoms with Crippen molar-refractivity contribution >= 4 is 17.2 Å². The zero-order chi connectivity index (χ0) is 15.0. The van der Waals surface area contributed by atoms with E-state index in [0.717, 1.165) is 42.5 Å². The minimum atomic E-state index is 0.146. The minimum absolute atomic E-state index is 0.146. The van der Waals surface area contributed by atoms with Gasteiger partial charge in [-0.2, -0.15) is 5.10 Å². The van der Waals surface area contributed by atoms with E-state index >= 15 is 0 Å². The molecule has 1 aliphatic rings. The normalized spacial score (nSPS) is 19.0. The molecule has 0 spiro atoms. The first-order valence-electron chi connectivity index (χ1n) is 7.30. The first-order chi connectivity index (χ1) is 10.0. The van der Waals surface area contributed by atoms with Crippen molar-refractivity contribution in [3.8, 4) is 0 Å². The number of rotatable bonds is 2. The molecular formula is C15H20N4OS. The topological polar surface area (TPSA) is 51.0 Å². The number of hydrogen-bond acceptors (Lipinski definition) is 4. The molecule has 2 aromatic rings. The van der Waals surface area contributed by atoms with E-state index in [-0.39, 0.29) is 11.9 Å². The average Bonchev–Trinajstić information content (AvgIpc) is 3.04. The second-order valence-electron chi connectivity index (χ2n) is 5.61. The quantitative estimate of drug-likeness (QED) is 0.857. The fourth-order valence-corrected chi connectivity index (χ4v) is 3.76. The number of likely N-dealkylation sites (tertiary alicyclic amines) is 1. The average molecular weight is 304 g/mol. The lowest BCUT2D eigenvalue weighted by molar-refractivity contribution is 0.0676. The van der Waals surface area contributed by atoms with Gasteiger partial charge < -0.3 is 4.90 Å². The fraction of sp³-hybridized carbons (Fsp3) is 0.533. The molecule has 1 saturated heterocycles. The third kappa shape index (κ3) is 2.85. The molecule has 0 bridgehead atoms. The van der Waals surface area contributed by atoms with E-state index in [1.807, 2.05) is 42.5 Å². The summed E-state index contributed by atoms with van der Waals surface area (Å²) in [7, 11) is 0. The van der Waals surface area contributed by atoms with E-state index in [4.69, 9.17) is 0 Å². The molecule has 3 heterocycles. The Hall–Kier alpha value is -1.69. The largest absolute Gasteiger partial charge is 0.336 e. The Kier molecular flexibility index (Phi) is 3.80. The zero-order valence-corrected chi connectivity index (χ0v) is 13.5. The van der Waals surface area contributed by atoms with Crippen molar-refractivity contribution in [2.75, 3.05) is 13.1 Å². The van der Waals surface area contributed by atoms with E-state index in [1.54, 1.807) is 11.3 Å². The Morgan fingerprint density at radius 1 is 1.33 bits per heavy atom. The molecule has 21 heavy (non-hydrogen) atoms. The molecule has 0 N–H and O–H groups in total. The van der Waals surface area contributed by atoms with Gasteiger partial charge in [0.2, 0.25) is 0 Å². The molecule has 3 rings (SSSR count). The van der Waals surface area contributed by atoms with Crippen LogP contribution in [-0.4, -0.2) is 38.7 Å². The van der Waals surface area contributed by atoms with Gasteiger partial charge in [0.05, 0.1) is 10.9 Å². The van der Waals surface area contributed by atoms with Crippen LogP contribution in [0.3, 0.4) is 0 Å². The second-order valence-corrected chi connectivity index (χ2v) is 6.90. The first kappa shape index (κ1) is 14.3. The van der Waals surface area contributed by atoms with Crippen LogP contribution in [0.2, 0.25) is 0 Å². The monoisotopic (exact) mass is 304 g/mol. The molecule has 0 aliphatic carbocycles. The minimum Gasteiger partial charge on any atom is -0.336 e. The van der Waals surface area contributed by atoms with Gasteiger partial charge in [0.15, 0.2) is 0 Å². The molecule has 1 aliphatic heterocycles. The summed E-state index contributed by atoms with van der Waals surface area (Å²) in [5.41, 5.74) is 0. The molecule has 1 fully saturated rings. The summed E-state index contributed by atoms with van der Waals surface area (Å²) >= 11 is 1.57. The van der Waals surface area contributed by atoms with Gasteiger partial charge in [-0.3, -0.25) is 4.79 Å². The number of nitrogens with zero attached hydrogens (tertiary/aromatic N) is 4. The molecule has 0 aromatic carbocycles. The summed E-state index contributed by atoms with van der Waals surface area (Å²) in [4.78, 5) is 20.9. The Balaban J connectivity index is 1.77. The van der Waals surface area contributed by atoms with Gasteiger partial charge in [-0.1, -0.05) is 0 Å². The molecule has 0 unspecified atom stereocenters. The van der Waals surface area contributed by atoms with Crippen molar-refractivity contribution in [1.29, 1.82) is 0 Å². The summed E-state index contributed by atoms with van der Waals surface area (Å²) in [5, 5.41) is 4.47. The maximum absolute atomic E-state index is 12.6. The predicted octanol–water partition coefficient (Wildman–Crippen LogP) is 2.74. The lowest BCUT2D eigenvalue weighted by Crippen LogP contribution is -2.40. The van der Waals surface area contributed by atoms with Crippen LogP contribution >= 0.6 is 11.3 Å². The Morgan fingerprint density at radius 2 is 2.14 bits per heavy atom. The van der Waals surface area contributed by atoms with Gasteiger partial charge in [-0.05, 0) is 45.7 Å². The third-order valence-electron chi connectivity index (χ3n) is 3.89. The molecule has 5 nitrogen and oxygen atoms in total. The molecule has 1 atom stereocenters. The third-order valence-corrected chi connectivity index (χ3v) is 4.88. The Bertz CT molecular complexity index is 660. The number of aryl methyl sites for hydroxylation is 3. The maximum Gasteiger partial charge on any atom is 0.263 e. The van der Waals surface area contributed by atoms with E-state index in [9.17, 15) is 4.79 Å². The maximum atomic E-state index is 12.6. The first-order valence-corrected chi connectivity index (χ1v) is 8.11. The van der Waals surface area contributed by atoms with Crippen LogP contribution in [0.5, 0.6) is 0 Å². The summed E-state index contributed by atoms with van der Waals surface area (Å²) in [6.07, 6.45) is 2.07. The van der Waals surface area contributed by atoms with Gasteiger partial charge in [-0.15, -0.1) is 11.3 Å². The van der Waals surface area contributed by atoms with Gasteiger partial charge >= 0.3 is 0 Å². The number of amides is 1. The number of carbonyl (C=O) groups is 1. The van der Waals surface area contributed by atoms with Crippen molar-refractivity contribution in [2.24, 2.45) is 0 Å². The molecule has 0 saturated carbocycles. The Morgan fingerprint density at radius 3 is 2.76 bits per heavy atom. The van der Waals surface area contributed by atoms with E-state index in [2.05, 4.69) is 10.1 Å². The molecular weight excluding hydrogens is 284 g/mol. The molecule has 2 aromatic heterocycles. The number of thiophene rings is 1. The van der Waals surface area contributed by atoms with Crippen LogP contribution in [0.4, 0.5) is 0 Å². The highest BCUT2D eigenvalue weighted by atomic mass is 32.1. The van der Waals surface area contributed by atoms with Crippen molar-refractivity contribution in [3.63, 3.8) is 0 Å². The highest BCUT2D eigenvalue weighted by Gasteiger charge is 2.27. The van der Waals surface area contributed by atoms with Crippen molar-refractivity contribution < 1.29 is 4.79 Å². The van der Waals surface area contributed by atoms with Gasteiger partial charge in [0, 0.05) is 18.0 Å². The van der Waals surface area contributed by atoms with Crippen LogP contribution in [-0.2, 0) is 0 Å². The number of aromatic nitrogens is 3. The number of hydrogen-bond donors (Lipinski definition) is 0. The predicted molar refractivity (Wildman–Crippen MR) is 82.7 cm³/mol. The van der Waals surface area contributed by atoms with Crippen LogP contribution in [0, 0.1) is 20.8 Å². The van der Waals surface area contributed by atoms with Crippen molar-refractivity contribution in [3.05, 3.63) is 33.5 Å². The van der Waals surface area contributed by atoms with Crippen LogP contribution in [0.25, 0.3) is 0 Å². The van der Waals surface area contributed by atoms with Crippen molar-refractivity contribution in [2.45, 2.75) is 39.7 Å². The summed E-state index contributed by atoms with van der Waals surface area (Å²) in [6, 6.07) is 4.17. The van der Waals surface area contributed by atoms with E-state index in [1.165, 1.54) is 4.88 Å². The van der Waals surface area contributed by atoms with E-state index in [0.29, 0.717) is 0 Å². The second kappa shape index (κ2) is 5.60. The highest BCUT2D eigenvalue weighted by Crippen LogP contribution is 2.25. The van der Waals surface area contributed by atoms with Gasteiger partial charge in [0.25, 0.3) is 5.91 Å². The molecule has 112 valence electrons. The SMILES string of the molecule is Cc1nc(C)n([C@H]2CCCN(C(=O)c3ccc(C)s3)C2)n1. The summed E-state index contributed by atoms with van der Waals surface area (Å²) < 4.78 is 1.98. The lowest BCUT2D eigenvalue weighted by atomic mass is 10.1. The zero-order valence-electron chi connectivity index (χ0n) is 12.7. The van der Waals surface area contributed by atoms with Crippen molar-refractivity contribution in [1.82, 2.24) is 19.7 Å². The molecule has 0 radical (unpaired) electrons. The summed E-state index contributed by atoms with van der Waals surface area (Å²) in [6.45, 7) is 7.47. The molecule has 1 amide bonds. The highest BCUT2D eigenvalue weighted by molar-refractivity contribution is 7.13. The number of piperidine rings is 1. The summed E-state index contributed by atoms with van der Waals surface area (Å²) in [5.74, 6) is 1.87. The number of carbonyl (C=O) groups excluding carboxylic acids is 1. The lowest BCUT2D eigenvalue weighted by Gasteiger charge is -2.32. The van der Waals surface area contributed by atoms with Gasteiger partial charge in [0.1, 0.15) is 11.6 Å². The molecule has 6 heteroatoms. The van der Waals surface area contributed by atoms with E-state index < -0.39 is 0 Å². The van der Waals surface area contributed by atoms with Crippen LogP contribution < -0.4 is 0 Å². The van der Waals surface area contributed by atoms with Crippen LogP contribution in [0.15, 0.2) is 12.1 Å². The standard InChI is InChI=1S/C15H20N4OS/c1-10-6-7-14(21-10)15(20)18-8-4-5-13(9-18)19-12(3)16-11(2)17-19/h6-7,13H,4-5,8-9H2,1-3H3/t13-/m0/s1. The fourth-order valence-electron chi connectivity index (χ4n) is 2.93. The smallest absolute Gasteiger partial charge is 0.263 e. The Labute approximate surface area is 128 Å². The van der Waals surface area contributed by atoms with Crippen LogP contribution in [0.1, 0.15) is 45.1 Å².